The molecular weight excluding hydrogens is 484 g/mol. The predicted molar refractivity (Wildman–Crippen MR) is 155 cm³/mol. The molecule has 0 radical (unpaired) electrons. The lowest BCUT2D eigenvalue weighted by Crippen LogP contribution is -2.34. The lowest BCUT2D eigenvalue weighted by atomic mass is 10.1. The van der Waals surface area contributed by atoms with Gasteiger partial charge < -0.3 is 30.7 Å². The Bertz CT molecular complexity index is 687. The topological polar surface area (TPSA) is 131 Å². The molecular formula is C30H54N2O6. The highest BCUT2D eigenvalue weighted by atomic mass is 16.5. The molecule has 1 aromatic carbocycles. The standard InChI is InChI=1S/C30H51NO6.H3N/c1-3-5-7-9-11-13-15-17-19-36-27-21-26(31(24-29(32)33)25-30(34)35)22-28(23-27)37-20-18-16-14-12-10-8-6-4-2;/h21-23H,3-20,24-25H2,1-2H3,(H,32,33)(H,34,35);1H3. The summed E-state index contributed by atoms with van der Waals surface area (Å²) in [6.07, 6.45) is 19.4. The summed E-state index contributed by atoms with van der Waals surface area (Å²) in [7, 11) is 0. The van der Waals surface area contributed by atoms with E-state index in [9.17, 15) is 19.8 Å². The zero-order valence-corrected chi connectivity index (χ0v) is 24.1. The summed E-state index contributed by atoms with van der Waals surface area (Å²) in [5, 5.41) is 18.6. The van der Waals surface area contributed by atoms with Crippen LogP contribution in [0.15, 0.2) is 18.2 Å². The Morgan fingerprint density at radius 2 is 0.947 bits per heavy atom. The van der Waals surface area contributed by atoms with Crippen LogP contribution >= 0.6 is 0 Å². The van der Waals surface area contributed by atoms with Crippen LogP contribution in [0.25, 0.3) is 0 Å². The third-order valence-electron chi connectivity index (χ3n) is 6.42. The van der Waals surface area contributed by atoms with Gasteiger partial charge in [-0.3, -0.25) is 9.59 Å². The first-order valence-corrected chi connectivity index (χ1v) is 14.6. The van der Waals surface area contributed by atoms with Crippen molar-refractivity contribution in [3.05, 3.63) is 18.2 Å². The number of aliphatic carboxylic acids is 2. The van der Waals surface area contributed by atoms with Crippen LogP contribution in [0, 0.1) is 0 Å². The quantitative estimate of drug-likeness (QED) is 0.107. The van der Waals surface area contributed by atoms with Crippen molar-refractivity contribution in [1.29, 1.82) is 0 Å². The minimum absolute atomic E-state index is 0. The van der Waals surface area contributed by atoms with Crippen LogP contribution in [0.2, 0.25) is 0 Å². The average molecular weight is 539 g/mol. The maximum Gasteiger partial charge on any atom is 0.323 e. The van der Waals surface area contributed by atoms with Gasteiger partial charge in [0, 0.05) is 23.9 Å². The fraction of sp³-hybridized carbons (Fsp3) is 0.733. The monoisotopic (exact) mass is 538 g/mol. The van der Waals surface area contributed by atoms with E-state index in [1.165, 1.54) is 81.9 Å². The maximum absolute atomic E-state index is 11.3. The minimum Gasteiger partial charge on any atom is -0.493 e. The van der Waals surface area contributed by atoms with E-state index >= 15 is 0 Å². The first-order valence-electron chi connectivity index (χ1n) is 14.6. The number of nitrogens with zero attached hydrogens (tertiary/aromatic N) is 1. The Kier molecular flexibility index (Phi) is 22.1. The van der Waals surface area contributed by atoms with E-state index in [2.05, 4.69) is 13.8 Å². The van der Waals surface area contributed by atoms with Gasteiger partial charge in [0.05, 0.1) is 13.2 Å². The summed E-state index contributed by atoms with van der Waals surface area (Å²) in [4.78, 5) is 24.0. The largest absolute Gasteiger partial charge is 0.493 e. The van der Waals surface area contributed by atoms with Gasteiger partial charge in [0.1, 0.15) is 24.6 Å². The van der Waals surface area contributed by atoms with Crippen LogP contribution < -0.4 is 20.5 Å². The predicted octanol–water partition coefficient (Wildman–Crippen LogP) is 7.86. The van der Waals surface area contributed by atoms with Crippen molar-refractivity contribution < 1.29 is 29.3 Å². The van der Waals surface area contributed by atoms with Gasteiger partial charge in [-0.05, 0) is 12.8 Å². The number of carbonyl (C=O) groups is 2. The number of anilines is 1. The summed E-state index contributed by atoms with van der Waals surface area (Å²) in [6, 6.07) is 5.23. The molecule has 0 saturated carbocycles. The summed E-state index contributed by atoms with van der Waals surface area (Å²) >= 11 is 0. The first-order chi connectivity index (χ1) is 18.0. The number of benzene rings is 1. The number of hydrogen-bond acceptors (Lipinski definition) is 6. The lowest BCUT2D eigenvalue weighted by Gasteiger charge is -2.22. The van der Waals surface area contributed by atoms with Gasteiger partial charge in [-0.15, -0.1) is 0 Å². The molecule has 0 aliphatic rings. The number of rotatable bonds is 25. The number of ether oxygens (including phenoxy) is 2. The normalized spacial score (nSPS) is 10.6. The second-order valence-electron chi connectivity index (χ2n) is 9.95. The summed E-state index contributed by atoms with van der Waals surface area (Å²) in [6.45, 7) is 4.75. The van der Waals surface area contributed by atoms with Crippen molar-refractivity contribution in [3.8, 4) is 11.5 Å². The fourth-order valence-corrected chi connectivity index (χ4v) is 4.32. The number of carboxylic acids is 2. The summed E-state index contributed by atoms with van der Waals surface area (Å²) < 4.78 is 12.0. The number of hydrogen-bond donors (Lipinski definition) is 3. The number of carboxylic acid groups (broad SMARTS) is 2. The molecule has 0 bridgehead atoms. The van der Waals surface area contributed by atoms with Crippen LogP contribution in [-0.4, -0.2) is 48.5 Å². The molecule has 8 heteroatoms. The molecule has 5 N–H and O–H groups in total. The molecule has 1 rings (SSSR count). The summed E-state index contributed by atoms with van der Waals surface area (Å²) in [5.41, 5.74) is 0.476. The molecule has 0 unspecified atom stereocenters. The molecule has 0 atom stereocenters. The highest BCUT2D eigenvalue weighted by Gasteiger charge is 2.17. The SMILES string of the molecule is CCCCCCCCCCOc1cc(OCCCCCCCCCC)cc(N(CC(=O)O)CC(=O)O)c1.N. The Morgan fingerprint density at radius 1 is 0.605 bits per heavy atom. The Morgan fingerprint density at radius 3 is 1.29 bits per heavy atom. The molecule has 0 amide bonds. The van der Waals surface area contributed by atoms with E-state index in [0.717, 1.165) is 25.7 Å². The second kappa shape index (κ2) is 23.6. The van der Waals surface area contributed by atoms with Crippen LogP contribution in [0.3, 0.4) is 0 Å². The molecule has 0 aliphatic carbocycles. The smallest absolute Gasteiger partial charge is 0.323 e. The lowest BCUT2D eigenvalue weighted by molar-refractivity contribution is -0.136. The van der Waals surface area contributed by atoms with Crippen molar-refractivity contribution in [2.24, 2.45) is 0 Å². The third kappa shape index (κ3) is 18.7. The van der Waals surface area contributed by atoms with Gasteiger partial charge in [0.2, 0.25) is 0 Å². The molecule has 0 aliphatic heterocycles. The Balaban J connectivity index is 0.0000137. The van der Waals surface area contributed by atoms with E-state index < -0.39 is 25.0 Å². The van der Waals surface area contributed by atoms with E-state index in [0.29, 0.717) is 30.4 Å². The van der Waals surface area contributed by atoms with Crippen molar-refractivity contribution in [3.63, 3.8) is 0 Å². The molecule has 38 heavy (non-hydrogen) atoms. The van der Waals surface area contributed by atoms with E-state index in [-0.39, 0.29) is 6.15 Å². The van der Waals surface area contributed by atoms with E-state index in [1.807, 2.05) is 6.07 Å². The summed E-state index contributed by atoms with van der Waals surface area (Å²) in [5.74, 6) is -1.03. The Hall–Kier alpha value is -2.48. The van der Waals surface area contributed by atoms with Gasteiger partial charge >= 0.3 is 11.9 Å². The molecule has 220 valence electrons. The average Bonchev–Trinajstić information content (AvgIpc) is 2.85. The minimum atomic E-state index is -1.09. The van der Waals surface area contributed by atoms with Crippen molar-refractivity contribution >= 4 is 17.6 Å². The van der Waals surface area contributed by atoms with Crippen molar-refractivity contribution in [1.82, 2.24) is 6.15 Å². The van der Waals surface area contributed by atoms with Gasteiger partial charge in [-0.1, -0.05) is 104 Å². The first kappa shape index (κ1) is 35.5. The highest BCUT2D eigenvalue weighted by molar-refractivity contribution is 5.80. The van der Waals surface area contributed by atoms with Gasteiger partial charge in [0.25, 0.3) is 0 Å². The fourth-order valence-electron chi connectivity index (χ4n) is 4.32. The van der Waals surface area contributed by atoms with Gasteiger partial charge in [-0.25, -0.2) is 0 Å². The third-order valence-corrected chi connectivity index (χ3v) is 6.42. The molecule has 0 spiro atoms. The van der Waals surface area contributed by atoms with E-state index in [1.54, 1.807) is 12.1 Å². The second-order valence-corrected chi connectivity index (χ2v) is 9.95. The Labute approximate surface area is 230 Å². The van der Waals surface area contributed by atoms with Crippen molar-refractivity contribution in [2.45, 2.75) is 117 Å². The molecule has 8 nitrogen and oxygen atoms in total. The van der Waals surface area contributed by atoms with Crippen LogP contribution in [-0.2, 0) is 9.59 Å². The van der Waals surface area contributed by atoms with Gasteiger partial charge in [0.15, 0.2) is 0 Å². The zero-order chi connectivity index (χ0) is 27.1. The maximum atomic E-state index is 11.3. The van der Waals surface area contributed by atoms with Crippen LogP contribution in [0.5, 0.6) is 11.5 Å². The zero-order valence-electron chi connectivity index (χ0n) is 24.1. The molecule has 0 fully saturated rings. The molecule has 0 aromatic heterocycles. The van der Waals surface area contributed by atoms with Crippen molar-refractivity contribution in [2.75, 3.05) is 31.2 Å². The molecule has 0 heterocycles. The van der Waals surface area contributed by atoms with E-state index in [4.69, 9.17) is 9.47 Å². The highest BCUT2D eigenvalue weighted by Crippen LogP contribution is 2.29. The molecule has 0 saturated heterocycles. The van der Waals surface area contributed by atoms with Crippen LogP contribution in [0.4, 0.5) is 5.69 Å². The number of unbranched alkanes of at least 4 members (excludes halogenated alkanes) is 14. The van der Waals surface area contributed by atoms with Gasteiger partial charge in [-0.2, -0.15) is 0 Å². The van der Waals surface area contributed by atoms with Crippen LogP contribution in [0.1, 0.15) is 117 Å². The molecule has 1 aromatic rings.